The van der Waals surface area contributed by atoms with E-state index in [1.807, 2.05) is 13.8 Å². The molecule has 4 heteroatoms. The Morgan fingerprint density at radius 1 is 1.19 bits per heavy atom. The molecule has 0 radical (unpaired) electrons. The van der Waals surface area contributed by atoms with E-state index in [9.17, 15) is 9.59 Å². The highest BCUT2D eigenvalue weighted by molar-refractivity contribution is 5.83. The third-order valence-corrected chi connectivity index (χ3v) is 2.88. The van der Waals surface area contributed by atoms with Crippen LogP contribution in [0.3, 0.4) is 0 Å². The van der Waals surface area contributed by atoms with E-state index in [0.717, 1.165) is 12.8 Å². The Balaban J connectivity index is 4.25. The van der Waals surface area contributed by atoms with Crippen LogP contribution in [0.2, 0.25) is 0 Å². The maximum absolute atomic E-state index is 11.6. The Bertz CT molecular complexity index is 234. The van der Waals surface area contributed by atoms with Crippen molar-refractivity contribution in [1.82, 2.24) is 5.32 Å². The van der Waals surface area contributed by atoms with E-state index >= 15 is 0 Å². The highest BCUT2D eigenvalue weighted by atomic mass is 16.4. The minimum Gasteiger partial charge on any atom is -0.480 e. The van der Waals surface area contributed by atoms with E-state index in [4.69, 9.17) is 5.11 Å². The maximum Gasteiger partial charge on any atom is 0.326 e. The van der Waals surface area contributed by atoms with Crippen LogP contribution in [-0.2, 0) is 9.59 Å². The smallest absolute Gasteiger partial charge is 0.326 e. The van der Waals surface area contributed by atoms with Crippen LogP contribution < -0.4 is 5.32 Å². The Morgan fingerprint density at radius 3 is 2.00 bits per heavy atom. The minimum absolute atomic E-state index is 0.0943. The number of hydrogen-bond acceptors (Lipinski definition) is 2. The predicted octanol–water partition coefficient (Wildman–Crippen LogP) is 2.04. The van der Waals surface area contributed by atoms with Crippen LogP contribution in [0, 0.1) is 11.8 Å². The average Bonchev–Trinajstić information content (AvgIpc) is 2.21. The standard InChI is InChI=1S/C12H23NO3/c1-5-9(6-2)7-10(14)13-11(8(3)4)12(15)16/h8-9,11H,5-7H2,1-4H3,(H,13,14)(H,15,16)/t11-/m0/s1. The van der Waals surface area contributed by atoms with Crippen LogP contribution in [0.15, 0.2) is 0 Å². The summed E-state index contributed by atoms with van der Waals surface area (Å²) in [6.07, 6.45) is 2.32. The van der Waals surface area contributed by atoms with Crippen LogP contribution >= 0.6 is 0 Å². The third-order valence-electron chi connectivity index (χ3n) is 2.88. The van der Waals surface area contributed by atoms with Gasteiger partial charge in [0.2, 0.25) is 5.91 Å². The molecular formula is C12H23NO3. The van der Waals surface area contributed by atoms with Gasteiger partial charge in [0.25, 0.3) is 0 Å². The summed E-state index contributed by atoms with van der Waals surface area (Å²) in [5, 5.41) is 11.5. The zero-order valence-corrected chi connectivity index (χ0v) is 10.6. The molecule has 0 heterocycles. The van der Waals surface area contributed by atoms with Gasteiger partial charge in [-0.05, 0) is 11.8 Å². The fourth-order valence-corrected chi connectivity index (χ4v) is 1.59. The summed E-state index contributed by atoms with van der Waals surface area (Å²) in [7, 11) is 0. The summed E-state index contributed by atoms with van der Waals surface area (Å²) in [6.45, 7) is 7.66. The SMILES string of the molecule is CCC(CC)CC(=O)N[C@H](C(=O)O)C(C)C. The fraction of sp³-hybridized carbons (Fsp3) is 0.833. The summed E-state index contributed by atoms with van der Waals surface area (Å²) in [6, 6.07) is -0.776. The number of nitrogens with one attached hydrogen (secondary N) is 1. The molecule has 0 aliphatic heterocycles. The zero-order chi connectivity index (χ0) is 12.7. The largest absolute Gasteiger partial charge is 0.480 e. The second-order valence-corrected chi connectivity index (χ2v) is 4.51. The lowest BCUT2D eigenvalue weighted by atomic mass is 9.98. The monoisotopic (exact) mass is 229 g/mol. The number of carbonyl (C=O) groups is 2. The van der Waals surface area contributed by atoms with Crippen LogP contribution in [0.5, 0.6) is 0 Å². The molecule has 0 saturated heterocycles. The first-order chi connectivity index (χ1) is 7.42. The van der Waals surface area contributed by atoms with Gasteiger partial charge in [0.05, 0.1) is 0 Å². The Morgan fingerprint density at radius 2 is 1.69 bits per heavy atom. The number of rotatable bonds is 7. The molecule has 0 unspecified atom stereocenters. The van der Waals surface area contributed by atoms with E-state index in [2.05, 4.69) is 5.32 Å². The van der Waals surface area contributed by atoms with Gasteiger partial charge >= 0.3 is 5.97 Å². The molecule has 16 heavy (non-hydrogen) atoms. The third kappa shape index (κ3) is 5.14. The molecular weight excluding hydrogens is 206 g/mol. The highest BCUT2D eigenvalue weighted by Gasteiger charge is 2.23. The Kier molecular flexibility index (Phi) is 6.77. The van der Waals surface area contributed by atoms with Gasteiger partial charge in [-0.3, -0.25) is 4.79 Å². The van der Waals surface area contributed by atoms with E-state index in [-0.39, 0.29) is 11.8 Å². The van der Waals surface area contributed by atoms with Crippen molar-refractivity contribution in [2.75, 3.05) is 0 Å². The first-order valence-corrected chi connectivity index (χ1v) is 5.94. The minimum atomic E-state index is -0.965. The van der Waals surface area contributed by atoms with Crippen molar-refractivity contribution in [2.24, 2.45) is 11.8 Å². The molecule has 0 bridgehead atoms. The van der Waals surface area contributed by atoms with Gasteiger partial charge in [-0.15, -0.1) is 0 Å². The molecule has 2 N–H and O–H groups in total. The Labute approximate surface area is 97.4 Å². The molecule has 0 saturated carbocycles. The predicted molar refractivity (Wildman–Crippen MR) is 63.1 cm³/mol. The number of carboxylic acid groups (broad SMARTS) is 1. The summed E-state index contributed by atoms with van der Waals surface area (Å²) in [4.78, 5) is 22.5. The van der Waals surface area contributed by atoms with Crippen molar-refractivity contribution in [1.29, 1.82) is 0 Å². The number of amides is 1. The molecule has 1 atom stereocenters. The summed E-state index contributed by atoms with van der Waals surface area (Å²) < 4.78 is 0. The zero-order valence-electron chi connectivity index (χ0n) is 10.6. The van der Waals surface area contributed by atoms with Crippen LogP contribution in [0.25, 0.3) is 0 Å². The van der Waals surface area contributed by atoms with Gasteiger partial charge in [0.1, 0.15) is 6.04 Å². The second kappa shape index (κ2) is 7.25. The normalized spacial score (nSPS) is 12.9. The van der Waals surface area contributed by atoms with Crippen LogP contribution in [0.1, 0.15) is 47.0 Å². The summed E-state index contributed by atoms with van der Waals surface area (Å²) in [5.41, 5.74) is 0. The first-order valence-electron chi connectivity index (χ1n) is 5.94. The average molecular weight is 229 g/mol. The molecule has 0 aromatic heterocycles. The van der Waals surface area contributed by atoms with Crippen molar-refractivity contribution in [3.8, 4) is 0 Å². The lowest BCUT2D eigenvalue weighted by Crippen LogP contribution is -2.44. The number of carboxylic acids is 1. The number of hydrogen-bond donors (Lipinski definition) is 2. The van der Waals surface area contributed by atoms with Gasteiger partial charge in [-0.1, -0.05) is 40.5 Å². The molecule has 0 aliphatic rings. The van der Waals surface area contributed by atoms with Crippen molar-refractivity contribution in [3.05, 3.63) is 0 Å². The van der Waals surface area contributed by atoms with Crippen LogP contribution in [-0.4, -0.2) is 23.0 Å². The molecule has 0 aromatic carbocycles. The molecule has 94 valence electrons. The summed E-state index contributed by atoms with van der Waals surface area (Å²) in [5.74, 6) is -0.868. The molecule has 0 fully saturated rings. The van der Waals surface area contributed by atoms with Crippen molar-refractivity contribution < 1.29 is 14.7 Å². The van der Waals surface area contributed by atoms with Gasteiger partial charge in [0, 0.05) is 6.42 Å². The molecule has 0 aliphatic carbocycles. The summed E-state index contributed by atoms with van der Waals surface area (Å²) >= 11 is 0. The Hall–Kier alpha value is -1.06. The lowest BCUT2D eigenvalue weighted by molar-refractivity contribution is -0.143. The van der Waals surface area contributed by atoms with E-state index in [1.54, 1.807) is 13.8 Å². The molecule has 4 nitrogen and oxygen atoms in total. The molecule has 0 aromatic rings. The van der Waals surface area contributed by atoms with Gasteiger partial charge in [-0.25, -0.2) is 4.79 Å². The highest BCUT2D eigenvalue weighted by Crippen LogP contribution is 2.12. The van der Waals surface area contributed by atoms with E-state index in [0.29, 0.717) is 12.3 Å². The molecule has 1 amide bonds. The van der Waals surface area contributed by atoms with E-state index in [1.165, 1.54) is 0 Å². The van der Waals surface area contributed by atoms with Gasteiger partial charge in [-0.2, -0.15) is 0 Å². The number of carbonyl (C=O) groups excluding carboxylic acids is 1. The van der Waals surface area contributed by atoms with Gasteiger partial charge in [0.15, 0.2) is 0 Å². The maximum atomic E-state index is 11.6. The van der Waals surface area contributed by atoms with Crippen molar-refractivity contribution in [2.45, 2.75) is 53.0 Å². The first kappa shape index (κ1) is 14.9. The topological polar surface area (TPSA) is 66.4 Å². The lowest BCUT2D eigenvalue weighted by Gasteiger charge is -2.19. The van der Waals surface area contributed by atoms with Crippen LogP contribution in [0.4, 0.5) is 0 Å². The molecule has 0 spiro atoms. The van der Waals surface area contributed by atoms with Crippen molar-refractivity contribution >= 4 is 11.9 Å². The van der Waals surface area contributed by atoms with Gasteiger partial charge < -0.3 is 10.4 Å². The van der Waals surface area contributed by atoms with E-state index < -0.39 is 12.0 Å². The fourth-order valence-electron chi connectivity index (χ4n) is 1.59. The quantitative estimate of drug-likeness (QED) is 0.702. The van der Waals surface area contributed by atoms with Crippen molar-refractivity contribution in [3.63, 3.8) is 0 Å². The number of aliphatic carboxylic acids is 1. The second-order valence-electron chi connectivity index (χ2n) is 4.51. The molecule has 0 rings (SSSR count).